The first-order valence-electron chi connectivity index (χ1n) is 7.46. The molecule has 0 bridgehead atoms. The Hall–Kier alpha value is -0.990. The van der Waals surface area contributed by atoms with Gasteiger partial charge in [-0.05, 0) is 12.3 Å². The third kappa shape index (κ3) is 4.49. The molecule has 1 aliphatic carbocycles. The van der Waals surface area contributed by atoms with Gasteiger partial charge in [0, 0.05) is 20.1 Å². The van der Waals surface area contributed by atoms with Gasteiger partial charge in [0.15, 0.2) is 0 Å². The van der Waals surface area contributed by atoms with Crippen LogP contribution in [-0.4, -0.2) is 36.9 Å². The standard InChI is InChI=1S/C13H24N4O3S/c1-20-10-9-17-12(15-16-13(17)21(14,18)19)8-7-11-5-3-2-4-6-11/h11H,2-10H2,1H3,(H2,14,18,19). The molecule has 1 aromatic rings. The molecule has 0 amide bonds. The topological polar surface area (TPSA) is 100 Å². The van der Waals surface area contributed by atoms with E-state index in [1.807, 2.05) is 0 Å². The van der Waals surface area contributed by atoms with Crippen LogP contribution in [0, 0.1) is 5.92 Å². The average Bonchev–Trinajstić information content (AvgIpc) is 2.87. The molecule has 120 valence electrons. The zero-order chi connectivity index (χ0) is 15.3. The number of hydrogen-bond acceptors (Lipinski definition) is 5. The summed E-state index contributed by atoms with van der Waals surface area (Å²) in [6, 6.07) is 0. The van der Waals surface area contributed by atoms with Gasteiger partial charge < -0.3 is 4.74 Å². The number of ether oxygens (including phenoxy) is 1. The second-order valence-electron chi connectivity index (χ2n) is 5.63. The van der Waals surface area contributed by atoms with Crippen LogP contribution in [0.5, 0.6) is 0 Å². The largest absolute Gasteiger partial charge is 0.383 e. The number of sulfonamides is 1. The lowest BCUT2D eigenvalue weighted by atomic mass is 9.86. The summed E-state index contributed by atoms with van der Waals surface area (Å²) in [5, 5.41) is 12.8. The molecule has 2 rings (SSSR count). The highest BCUT2D eigenvalue weighted by Gasteiger charge is 2.22. The normalized spacial score (nSPS) is 17.2. The van der Waals surface area contributed by atoms with Gasteiger partial charge in [0.1, 0.15) is 5.82 Å². The SMILES string of the molecule is COCCn1c(CCC2CCCCC2)nnc1S(N)(=O)=O. The Balaban J connectivity index is 2.08. The molecule has 8 heteroatoms. The minimum atomic E-state index is -3.85. The average molecular weight is 316 g/mol. The molecule has 0 unspecified atom stereocenters. The second-order valence-corrected chi connectivity index (χ2v) is 7.09. The molecule has 21 heavy (non-hydrogen) atoms. The molecule has 0 spiro atoms. The fraction of sp³-hybridized carbons (Fsp3) is 0.846. The van der Waals surface area contributed by atoms with E-state index in [0.29, 0.717) is 24.9 Å². The molecule has 0 aromatic carbocycles. The van der Waals surface area contributed by atoms with Crippen molar-refractivity contribution >= 4 is 10.0 Å². The monoisotopic (exact) mass is 316 g/mol. The lowest BCUT2D eigenvalue weighted by molar-refractivity contribution is 0.183. The summed E-state index contributed by atoms with van der Waals surface area (Å²) in [6.45, 7) is 0.798. The minimum Gasteiger partial charge on any atom is -0.383 e. The number of aromatic nitrogens is 3. The van der Waals surface area contributed by atoms with Crippen molar-refractivity contribution < 1.29 is 13.2 Å². The summed E-state index contributed by atoms with van der Waals surface area (Å²) in [5.74, 6) is 1.39. The molecule has 0 aliphatic heterocycles. The Morgan fingerprint density at radius 2 is 2.00 bits per heavy atom. The van der Waals surface area contributed by atoms with Gasteiger partial charge in [-0.15, -0.1) is 10.2 Å². The first-order valence-corrected chi connectivity index (χ1v) is 9.01. The van der Waals surface area contributed by atoms with E-state index in [1.165, 1.54) is 32.1 Å². The number of nitrogens with zero attached hydrogens (tertiary/aromatic N) is 3. The molecule has 1 aliphatic rings. The lowest BCUT2D eigenvalue weighted by Gasteiger charge is -2.21. The van der Waals surface area contributed by atoms with Crippen LogP contribution in [0.3, 0.4) is 0 Å². The molecule has 2 N–H and O–H groups in total. The van der Waals surface area contributed by atoms with E-state index in [1.54, 1.807) is 11.7 Å². The van der Waals surface area contributed by atoms with Crippen molar-refractivity contribution in [1.82, 2.24) is 14.8 Å². The van der Waals surface area contributed by atoms with Gasteiger partial charge in [0.2, 0.25) is 0 Å². The number of primary sulfonamides is 1. The first-order chi connectivity index (χ1) is 10.0. The maximum Gasteiger partial charge on any atom is 0.273 e. The Morgan fingerprint density at radius 1 is 1.29 bits per heavy atom. The summed E-state index contributed by atoms with van der Waals surface area (Å²) in [6.07, 6.45) is 8.19. The first kappa shape index (κ1) is 16.4. The quantitative estimate of drug-likeness (QED) is 0.811. The van der Waals surface area contributed by atoms with Crippen molar-refractivity contribution in [2.24, 2.45) is 11.1 Å². The molecule has 7 nitrogen and oxygen atoms in total. The van der Waals surface area contributed by atoms with E-state index in [-0.39, 0.29) is 5.16 Å². The Morgan fingerprint density at radius 3 is 2.62 bits per heavy atom. The van der Waals surface area contributed by atoms with Crippen molar-refractivity contribution in [2.75, 3.05) is 13.7 Å². The molecular formula is C13H24N4O3S. The van der Waals surface area contributed by atoms with Gasteiger partial charge in [-0.25, -0.2) is 13.6 Å². The van der Waals surface area contributed by atoms with E-state index in [0.717, 1.165) is 12.8 Å². The Kier molecular flexibility index (Phi) is 5.72. The van der Waals surface area contributed by atoms with Crippen LogP contribution in [0.2, 0.25) is 0 Å². The molecule has 0 atom stereocenters. The lowest BCUT2D eigenvalue weighted by Crippen LogP contribution is -2.21. The maximum atomic E-state index is 11.5. The van der Waals surface area contributed by atoms with Gasteiger partial charge in [0.25, 0.3) is 15.2 Å². The molecule has 1 fully saturated rings. The molecule has 1 saturated carbocycles. The predicted octanol–water partition coefficient (Wildman–Crippen LogP) is 1.08. The van der Waals surface area contributed by atoms with E-state index < -0.39 is 10.0 Å². The fourth-order valence-electron chi connectivity index (χ4n) is 2.93. The molecule has 1 aromatic heterocycles. The third-order valence-corrected chi connectivity index (χ3v) is 4.88. The van der Waals surface area contributed by atoms with Gasteiger partial charge >= 0.3 is 0 Å². The van der Waals surface area contributed by atoms with Crippen LogP contribution in [0.25, 0.3) is 0 Å². The smallest absolute Gasteiger partial charge is 0.273 e. The van der Waals surface area contributed by atoms with Crippen LogP contribution in [-0.2, 0) is 27.7 Å². The highest BCUT2D eigenvalue weighted by atomic mass is 32.2. The van der Waals surface area contributed by atoms with Crippen molar-refractivity contribution in [3.8, 4) is 0 Å². The highest BCUT2D eigenvalue weighted by Crippen LogP contribution is 2.27. The van der Waals surface area contributed by atoms with E-state index in [9.17, 15) is 8.42 Å². The van der Waals surface area contributed by atoms with Crippen molar-refractivity contribution in [1.29, 1.82) is 0 Å². The summed E-state index contributed by atoms with van der Waals surface area (Å²) in [7, 11) is -2.28. The fourth-order valence-corrected chi connectivity index (χ4v) is 3.59. The van der Waals surface area contributed by atoms with Crippen LogP contribution in [0.4, 0.5) is 0 Å². The zero-order valence-corrected chi connectivity index (χ0v) is 13.3. The van der Waals surface area contributed by atoms with Gasteiger partial charge in [-0.2, -0.15) is 0 Å². The summed E-state index contributed by atoms with van der Waals surface area (Å²) in [5.41, 5.74) is 0. The van der Waals surface area contributed by atoms with Gasteiger partial charge in [0.05, 0.1) is 6.61 Å². The van der Waals surface area contributed by atoms with Gasteiger partial charge in [-0.3, -0.25) is 4.57 Å². The minimum absolute atomic E-state index is 0.168. The third-order valence-electron chi connectivity index (χ3n) is 4.07. The summed E-state index contributed by atoms with van der Waals surface area (Å²) in [4.78, 5) is 0. The van der Waals surface area contributed by atoms with Crippen LogP contribution in [0.1, 0.15) is 44.3 Å². The number of nitrogens with two attached hydrogens (primary N) is 1. The van der Waals surface area contributed by atoms with E-state index in [4.69, 9.17) is 9.88 Å². The van der Waals surface area contributed by atoms with Crippen molar-refractivity contribution in [3.05, 3.63) is 5.82 Å². The summed E-state index contributed by atoms with van der Waals surface area (Å²) < 4.78 is 29.7. The highest BCUT2D eigenvalue weighted by molar-refractivity contribution is 7.89. The maximum absolute atomic E-state index is 11.5. The number of hydrogen-bond donors (Lipinski definition) is 1. The Bertz CT molecular complexity index is 550. The second kappa shape index (κ2) is 7.33. The number of rotatable bonds is 7. The van der Waals surface area contributed by atoms with Gasteiger partial charge in [-0.1, -0.05) is 32.1 Å². The van der Waals surface area contributed by atoms with Crippen LogP contribution < -0.4 is 5.14 Å². The molecular weight excluding hydrogens is 292 g/mol. The Labute approximate surface area is 125 Å². The van der Waals surface area contributed by atoms with Crippen molar-refractivity contribution in [2.45, 2.75) is 56.6 Å². The van der Waals surface area contributed by atoms with Crippen LogP contribution >= 0.6 is 0 Å². The predicted molar refractivity (Wildman–Crippen MR) is 78.2 cm³/mol. The number of aryl methyl sites for hydroxylation is 1. The summed E-state index contributed by atoms with van der Waals surface area (Å²) >= 11 is 0. The van der Waals surface area contributed by atoms with Crippen LogP contribution in [0.15, 0.2) is 5.16 Å². The van der Waals surface area contributed by atoms with E-state index >= 15 is 0 Å². The van der Waals surface area contributed by atoms with E-state index in [2.05, 4.69) is 10.2 Å². The van der Waals surface area contributed by atoms with Crippen molar-refractivity contribution in [3.63, 3.8) is 0 Å². The zero-order valence-electron chi connectivity index (χ0n) is 12.5. The molecule has 0 radical (unpaired) electrons. The molecule has 1 heterocycles. The molecule has 0 saturated heterocycles. The number of methoxy groups -OCH3 is 1.